The molecule has 30 heavy (non-hydrogen) atoms. The van der Waals surface area contributed by atoms with Gasteiger partial charge in [-0.05, 0) is 42.0 Å². The molecule has 6 nitrogen and oxygen atoms in total. The number of ether oxygens (including phenoxy) is 5. The number of methoxy groups -OCH3 is 3. The van der Waals surface area contributed by atoms with Crippen LogP contribution in [0, 0.1) is 0 Å². The molecule has 0 aliphatic carbocycles. The average Bonchev–Trinajstić information content (AvgIpc) is 2.71. The van der Waals surface area contributed by atoms with Crippen molar-refractivity contribution in [1.29, 1.82) is 0 Å². The standard InChI is InChI=1S/C20H18F4O6/c1-26-15-10-12(5-7-14(15)29-19(21)22)13(25)6-4-11-8-16(27-2)18(30-20(23)24)17(9-11)28-3/h4-10,19-20H,1-3H3/b6-4+. The monoisotopic (exact) mass is 430 g/mol. The lowest BCUT2D eigenvalue weighted by Gasteiger charge is -2.14. The van der Waals surface area contributed by atoms with Crippen LogP contribution in [0.15, 0.2) is 36.4 Å². The fourth-order valence-electron chi connectivity index (χ4n) is 2.48. The predicted molar refractivity (Wildman–Crippen MR) is 99.2 cm³/mol. The minimum Gasteiger partial charge on any atom is -0.493 e. The van der Waals surface area contributed by atoms with Gasteiger partial charge in [-0.15, -0.1) is 0 Å². The Morgan fingerprint density at radius 2 is 1.37 bits per heavy atom. The van der Waals surface area contributed by atoms with Crippen molar-refractivity contribution < 1.29 is 46.0 Å². The summed E-state index contributed by atoms with van der Waals surface area (Å²) in [4.78, 5) is 12.4. The summed E-state index contributed by atoms with van der Waals surface area (Å²) in [6, 6.07) is 6.50. The topological polar surface area (TPSA) is 63.2 Å². The van der Waals surface area contributed by atoms with Crippen molar-refractivity contribution in [3.05, 3.63) is 47.5 Å². The highest BCUT2D eigenvalue weighted by molar-refractivity contribution is 6.07. The maximum absolute atomic E-state index is 12.6. The first kappa shape index (κ1) is 22.9. The number of allylic oxidation sites excluding steroid dienone is 1. The quantitative estimate of drug-likeness (QED) is 0.306. The zero-order valence-corrected chi connectivity index (χ0v) is 16.2. The van der Waals surface area contributed by atoms with Crippen molar-refractivity contribution in [2.75, 3.05) is 21.3 Å². The van der Waals surface area contributed by atoms with E-state index in [2.05, 4.69) is 9.47 Å². The smallest absolute Gasteiger partial charge is 0.387 e. The SMILES string of the molecule is COc1cc(C(=O)/C=C/c2cc(OC)c(OC(F)F)c(OC)c2)ccc1OC(F)F. The Labute approximate surface area is 169 Å². The van der Waals surface area contributed by atoms with Gasteiger partial charge in [0.2, 0.25) is 5.75 Å². The van der Waals surface area contributed by atoms with Crippen molar-refractivity contribution in [2.24, 2.45) is 0 Å². The number of ketones is 1. The number of rotatable bonds is 10. The van der Waals surface area contributed by atoms with E-state index in [0.717, 1.165) is 0 Å². The first-order valence-corrected chi connectivity index (χ1v) is 8.35. The molecule has 0 fully saturated rings. The summed E-state index contributed by atoms with van der Waals surface area (Å²) in [7, 11) is 3.78. The molecule has 0 aromatic heterocycles. The van der Waals surface area contributed by atoms with E-state index in [1.165, 1.54) is 63.8 Å². The molecule has 0 bridgehead atoms. The molecule has 0 amide bonds. The molecule has 0 saturated carbocycles. The molecular weight excluding hydrogens is 412 g/mol. The summed E-state index contributed by atoms with van der Waals surface area (Å²) in [5, 5.41) is 0. The molecule has 0 N–H and O–H groups in total. The second-order valence-corrected chi connectivity index (χ2v) is 5.57. The van der Waals surface area contributed by atoms with Gasteiger partial charge in [0.15, 0.2) is 28.8 Å². The van der Waals surface area contributed by atoms with E-state index in [1.54, 1.807) is 0 Å². The molecule has 2 rings (SSSR count). The van der Waals surface area contributed by atoms with E-state index in [1.807, 2.05) is 0 Å². The summed E-state index contributed by atoms with van der Waals surface area (Å²) in [6.07, 6.45) is 2.60. The fraction of sp³-hybridized carbons (Fsp3) is 0.250. The summed E-state index contributed by atoms with van der Waals surface area (Å²) in [6.45, 7) is -6.12. The highest BCUT2D eigenvalue weighted by Gasteiger charge is 2.18. The van der Waals surface area contributed by atoms with Gasteiger partial charge < -0.3 is 23.7 Å². The van der Waals surface area contributed by atoms with Crippen LogP contribution in [-0.4, -0.2) is 40.3 Å². The predicted octanol–water partition coefficient (Wildman–Crippen LogP) is 4.81. The molecule has 0 heterocycles. The molecule has 2 aromatic carbocycles. The Bertz CT molecular complexity index is 889. The first-order chi connectivity index (χ1) is 14.3. The minimum absolute atomic E-state index is 0.0167. The van der Waals surface area contributed by atoms with Gasteiger partial charge in [-0.2, -0.15) is 17.6 Å². The van der Waals surface area contributed by atoms with Crippen LogP contribution in [0.2, 0.25) is 0 Å². The average molecular weight is 430 g/mol. The Balaban J connectivity index is 2.29. The van der Waals surface area contributed by atoms with Gasteiger partial charge in [0.05, 0.1) is 21.3 Å². The second kappa shape index (κ2) is 10.4. The summed E-state index contributed by atoms with van der Waals surface area (Å²) in [5.74, 6) is -1.03. The molecule has 0 radical (unpaired) electrons. The van der Waals surface area contributed by atoms with Crippen LogP contribution < -0.4 is 23.7 Å². The highest BCUT2D eigenvalue weighted by Crippen LogP contribution is 2.40. The van der Waals surface area contributed by atoms with E-state index >= 15 is 0 Å². The van der Waals surface area contributed by atoms with Crippen molar-refractivity contribution in [3.63, 3.8) is 0 Å². The number of alkyl halides is 4. The van der Waals surface area contributed by atoms with Gasteiger partial charge in [0.25, 0.3) is 0 Å². The third-order valence-corrected chi connectivity index (χ3v) is 3.78. The summed E-state index contributed by atoms with van der Waals surface area (Å²) in [5.41, 5.74) is 0.560. The third-order valence-electron chi connectivity index (χ3n) is 3.78. The van der Waals surface area contributed by atoms with Crippen molar-refractivity contribution in [3.8, 4) is 28.7 Å². The Morgan fingerprint density at radius 1 is 0.800 bits per heavy atom. The molecule has 0 aliphatic rings. The molecule has 2 aromatic rings. The van der Waals surface area contributed by atoms with Crippen molar-refractivity contribution >= 4 is 11.9 Å². The minimum atomic E-state index is -3.08. The number of carbonyl (C=O) groups excluding carboxylic acids is 1. The van der Waals surface area contributed by atoms with Gasteiger partial charge in [0, 0.05) is 5.56 Å². The van der Waals surface area contributed by atoms with Gasteiger partial charge in [-0.3, -0.25) is 4.79 Å². The molecule has 0 atom stereocenters. The van der Waals surface area contributed by atoms with Gasteiger partial charge >= 0.3 is 13.2 Å². The van der Waals surface area contributed by atoms with Crippen LogP contribution in [0.5, 0.6) is 28.7 Å². The van der Waals surface area contributed by atoms with E-state index in [-0.39, 0.29) is 34.3 Å². The Morgan fingerprint density at radius 3 is 1.87 bits per heavy atom. The number of carbonyl (C=O) groups is 1. The maximum atomic E-state index is 12.6. The zero-order chi connectivity index (χ0) is 22.3. The van der Waals surface area contributed by atoms with Crippen LogP contribution in [0.1, 0.15) is 15.9 Å². The van der Waals surface area contributed by atoms with Crippen molar-refractivity contribution in [2.45, 2.75) is 13.2 Å². The lowest BCUT2D eigenvalue weighted by Crippen LogP contribution is -2.05. The van der Waals surface area contributed by atoms with E-state index in [4.69, 9.17) is 14.2 Å². The fourth-order valence-corrected chi connectivity index (χ4v) is 2.48. The van der Waals surface area contributed by atoms with Crippen LogP contribution in [0.4, 0.5) is 17.6 Å². The number of benzene rings is 2. The van der Waals surface area contributed by atoms with E-state index in [0.29, 0.717) is 5.56 Å². The normalized spacial score (nSPS) is 11.1. The van der Waals surface area contributed by atoms with Gasteiger partial charge in [-0.1, -0.05) is 6.08 Å². The van der Waals surface area contributed by atoms with E-state index in [9.17, 15) is 22.4 Å². The van der Waals surface area contributed by atoms with Crippen molar-refractivity contribution in [1.82, 2.24) is 0 Å². The lowest BCUT2D eigenvalue weighted by atomic mass is 10.1. The van der Waals surface area contributed by atoms with Crippen LogP contribution >= 0.6 is 0 Å². The largest absolute Gasteiger partial charge is 0.493 e. The molecule has 10 heteroatoms. The first-order valence-electron chi connectivity index (χ1n) is 8.35. The Kier molecular flexibility index (Phi) is 7.90. The van der Waals surface area contributed by atoms with Gasteiger partial charge in [-0.25, -0.2) is 0 Å². The molecule has 0 spiro atoms. The number of hydrogen-bond acceptors (Lipinski definition) is 6. The van der Waals surface area contributed by atoms with Gasteiger partial charge in [0.1, 0.15) is 0 Å². The maximum Gasteiger partial charge on any atom is 0.387 e. The third kappa shape index (κ3) is 5.79. The molecule has 0 saturated heterocycles. The van der Waals surface area contributed by atoms with Crippen LogP contribution in [0.3, 0.4) is 0 Å². The number of hydrogen-bond donors (Lipinski definition) is 0. The lowest BCUT2D eigenvalue weighted by molar-refractivity contribution is -0.0528. The second-order valence-electron chi connectivity index (χ2n) is 5.57. The van der Waals surface area contributed by atoms with Crippen LogP contribution in [-0.2, 0) is 0 Å². The van der Waals surface area contributed by atoms with E-state index < -0.39 is 19.0 Å². The molecular formula is C20H18F4O6. The number of halogens is 4. The summed E-state index contributed by atoms with van der Waals surface area (Å²) < 4.78 is 73.8. The molecule has 0 unspecified atom stereocenters. The molecule has 162 valence electrons. The highest BCUT2D eigenvalue weighted by atomic mass is 19.3. The summed E-state index contributed by atoms with van der Waals surface area (Å²) >= 11 is 0. The Hall–Kier alpha value is -3.43. The molecule has 0 aliphatic heterocycles. The zero-order valence-electron chi connectivity index (χ0n) is 16.2. The van der Waals surface area contributed by atoms with Crippen LogP contribution in [0.25, 0.3) is 6.08 Å².